The Morgan fingerprint density at radius 3 is 2.94 bits per heavy atom. The molecule has 4 heteroatoms. The van der Waals surface area contributed by atoms with Crippen LogP contribution in [0.2, 0.25) is 5.15 Å². The summed E-state index contributed by atoms with van der Waals surface area (Å²) in [6.45, 7) is 2.28. The van der Waals surface area contributed by atoms with Crippen LogP contribution in [0.5, 0.6) is 0 Å². The number of hydrogen-bond donors (Lipinski definition) is 2. The topological polar surface area (TPSA) is 40.7 Å². The second-order valence-electron chi connectivity index (χ2n) is 4.75. The van der Waals surface area contributed by atoms with E-state index in [2.05, 4.69) is 27.6 Å². The Balaban J connectivity index is 1.91. The number of nitrogens with one attached hydrogen (secondary N) is 2. The first-order chi connectivity index (χ1) is 8.34. The quantitative estimate of drug-likeness (QED) is 0.859. The Morgan fingerprint density at radius 1 is 1.29 bits per heavy atom. The SMILES string of the molecule is Clc1[nH]nc2cccc(CC3CCNCC3)c12. The molecule has 2 N–H and O–H groups in total. The van der Waals surface area contributed by atoms with Crippen molar-refractivity contribution in [3.63, 3.8) is 0 Å². The lowest BCUT2D eigenvalue weighted by atomic mass is 9.90. The van der Waals surface area contributed by atoms with Crippen molar-refractivity contribution in [2.45, 2.75) is 19.3 Å². The van der Waals surface area contributed by atoms with E-state index in [4.69, 9.17) is 11.6 Å². The summed E-state index contributed by atoms with van der Waals surface area (Å²) in [5, 5.41) is 12.2. The maximum atomic E-state index is 6.17. The van der Waals surface area contributed by atoms with Gasteiger partial charge in [-0.25, -0.2) is 0 Å². The van der Waals surface area contributed by atoms with Gasteiger partial charge in [0.1, 0.15) is 5.15 Å². The Hall–Kier alpha value is -1.06. The van der Waals surface area contributed by atoms with E-state index in [9.17, 15) is 0 Å². The molecular formula is C13H16ClN3. The van der Waals surface area contributed by atoms with Crippen molar-refractivity contribution in [1.82, 2.24) is 15.5 Å². The molecule has 3 nitrogen and oxygen atoms in total. The third kappa shape index (κ3) is 2.17. The molecule has 17 heavy (non-hydrogen) atoms. The largest absolute Gasteiger partial charge is 0.317 e. The zero-order valence-corrected chi connectivity index (χ0v) is 10.4. The van der Waals surface area contributed by atoms with Crippen LogP contribution in [0.15, 0.2) is 18.2 Å². The molecule has 0 saturated carbocycles. The van der Waals surface area contributed by atoms with Crippen LogP contribution in [-0.4, -0.2) is 23.3 Å². The summed E-state index contributed by atoms with van der Waals surface area (Å²) in [6, 6.07) is 6.24. The van der Waals surface area contributed by atoms with Crippen LogP contribution in [0.4, 0.5) is 0 Å². The molecule has 0 bridgehead atoms. The summed E-state index contributed by atoms with van der Waals surface area (Å²) in [5.74, 6) is 0.771. The van der Waals surface area contributed by atoms with Crippen molar-refractivity contribution in [3.05, 3.63) is 28.9 Å². The highest BCUT2D eigenvalue weighted by atomic mass is 35.5. The van der Waals surface area contributed by atoms with Gasteiger partial charge in [-0.1, -0.05) is 23.7 Å². The van der Waals surface area contributed by atoms with Gasteiger partial charge in [-0.15, -0.1) is 0 Å². The highest BCUT2D eigenvalue weighted by Crippen LogP contribution is 2.28. The van der Waals surface area contributed by atoms with E-state index in [0.717, 1.165) is 36.3 Å². The van der Waals surface area contributed by atoms with Crippen molar-refractivity contribution in [1.29, 1.82) is 0 Å². The number of benzene rings is 1. The summed E-state index contributed by atoms with van der Waals surface area (Å²) in [7, 11) is 0. The number of piperidine rings is 1. The number of nitrogens with zero attached hydrogens (tertiary/aromatic N) is 1. The fourth-order valence-corrected chi connectivity index (χ4v) is 2.93. The second kappa shape index (κ2) is 4.67. The van der Waals surface area contributed by atoms with E-state index in [-0.39, 0.29) is 0 Å². The molecule has 0 unspecified atom stereocenters. The Labute approximate surface area is 106 Å². The van der Waals surface area contributed by atoms with Gasteiger partial charge in [-0.3, -0.25) is 5.10 Å². The number of H-pyrrole nitrogens is 1. The fourth-order valence-electron chi connectivity index (χ4n) is 2.67. The van der Waals surface area contributed by atoms with Crippen LogP contribution in [-0.2, 0) is 6.42 Å². The van der Waals surface area contributed by atoms with E-state index in [1.54, 1.807) is 0 Å². The maximum absolute atomic E-state index is 6.17. The smallest absolute Gasteiger partial charge is 0.132 e. The predicted molar refractivity (Wildman–Crippen MR) is 70.4 cm³/mol. The number of halogens is 1. The highest BCUT2D eigenvalue weighted by Gasteiger charge is 2.16. The molecule has 0 spiro atoms. The normalized spacial score (nSPS) is 17.7. The average molecular weight is 250 g/mol. The van der Waals surface area contributed by atoms with Gasteiger partial charge in [-0.05, 0) is 49.9 Å². The van der Waals surface area contributed by atoms with Gasteiger partial charge in [0, 0.05) is 5.39 Å². The van der Waals surface area contributed by atoms with Crippen LogP contribution in [0.1, 0.15) is 18.4 Å². The van der Waals surface area contributed by atoms with E-state index < -0.39 is 0 Å². The molecule has 1 aliphatic heterocycles. The van der Waals surface area contributed by atoms with Crippen LogP contribution < -0.4 is 5.32 Å². The molecule has 1 aliphatic rings. The zero-order valence-electron chi connectivity index (χ0n) is 9.67. The standard InChI is InChI=1S/C13H16ClN3/c14-13-12-10(2-1-3-11(12)16-17-13)8-9-4-6-15-7-5-9/h1-3,9,15H,4-8H2,(H,16,17). The van der Waals surface area contributed by atoms with E-state index >= 15 is 0 Å². The van der Waals surface area contributed by atoms with Crippen LogP contribution in [0.25, 0.3) is 10.9 Å². The number of aromatic amines is 1. The van der Waals surface area contributed by atoms with E-state index in [1.807, 2.05) is 6.07 Å². The lowest BCUT2D eigenvalue weighted by Gasteiger charge is -2.22. The van der Waals surface area contributed by atoms with Crippen LogP contribution >= 0.6 is 11.6 Å². The van der Waals surface area contributed by atoms with Gasteiger partial charge in [0.2, 0.25) is 0 Å². The summed E-state index contributed by atoms with van der Waals surface area (Å²) >= 11 is 6.17. The molecule has 0 amide bonds. The minimum atomic E-state index is 0.671. The lowest BCUT2D eigenvalue weighted by molar-refractivity contribution is 0.373. The molecule has 1 aromatic carbocycles. The van der Waals surface area contributed by atoms with Gasteiger partial charge in [-0.2, -0.15) is 5.10 Å². The number of rotatable bonds is 2. The fraction of sp³-hybridized carbons (Fsp3) is 0.462. The van der Waals surface area contributed by atoms with E-state index in [1.165, 1.54) is 18.4 Å². The molecule has 1 aromatic heterocycles. The first-order valence-corrected chi connectivity index (χ1v) is 6.54. The average Bonchev–Trinajstić information content (AvgIpc) is 2.74. The molecule has 90 valence electrons. The summed E-state index contributed by atoms with van der Waals surface area (Å²) in [6.07, 6.45) is 3.62. The minimum absolute atomic E-state index is 0.671. The lowest BCUT2D eigenvalue weighted by Crippen LogP contribution is -2.28. The Morgan fingerprint density at radius 2 is 2.12 bits per heavy atom. The van der Waals surface area contributed by atoms with Crippen molar-refractivity contribution in [2.24, 2.45) is 5.92 Å². The summed E-state index contributed by atoms with van der Waals surface area (Å²) in [5.41, 5.74) is 2.30. The third-order valence-corrected chi connectivity index (χ3v) is 3.86. The van der Waals surface area contributed by atoms with Gasteiger partial charge < -0.3 is 5.32 Å². The Bertz CT molecular complexity index is 514. The molecule has 0 atom stereocenters. The van der Waals surface area contributed by atoms with Crippen molar-refractivity contribution < 1.29 is 0 Å². The molecule has 2 aromatic rings. The van der Waals surface area contributed by atoms with Gasteiger partial charge >= 0.3 is 0 Å². The number of hydrogen-bond acceptors (Lipinski definition) is 2. The molecule has 0 aliphatic carbocycles. The number of aromatic nitrogens is 2. The first-order valence-electron chi connectivity index (χ1n) is 6.17. The second-order valence-corrected chi connectivity index (χ2v) is 5.12. The minimum Gasteiger partial charge on any atom is -0.317 e. The first kappa shape index (κ1) is 11.1. The molecule has 2 heterocycles. The third-order valence-electron chi connectivity index (χ3n) is 3.59. The van der Waals surface area contributed by atoms with Gasteiger partial charge in [0.15, 0.2) is 0 Å². The molecule has 0 radical (unpaired) electrons. The van der Waals surface area contributed by atoms with Crippen molar-refractivity contribution in [2.75, 3.05) is 13.1 Å². The monoisotopic (exact) mass is 249 g/mol. The van der Waals surface area contributed by atoms with Crippen molar-refractivity contribution in [3.8, 4) is 0 Å². The summed E-state index contributed by atoms with van der Waals surface area (Å²) in [4.78, 5) is 0. The molecule has 3 rings (SSSR count). The molecule has 1 fully saturated rings. The molecule has 1 saturated heterocycles. The van der Waals surface area contributed by atoms with E-state index in [0.29, 0.717) is 5.15 Å². The maximum Gasteiger partial charge on any atom is 0.132 e. The van der Waals surface area contributed by atoms with Crippen molar-refractivity contribution >= 4 is 22.5 Å². The molecular weight excluding hydrogens is 234 g/mol. The zero-order chi connectivity index (χ0) is 11.7. The van der Waals surface area contributed by atoms with Crippen LogP contribution in [0.3, 0.4) is 0 Å². The predicted octanol–water partition coefficient (Wildman–Crippen LogP) is 2.76. The Kier molecular flexibility index (Phi) is 3.04. The van der Waals surface area contributed by atoms with Crippen LogP contribution in [0, 0.1) is 5.92 Å². The highest BCUT2D eigenvalue weighted by molar-refractivity contribution is 6.34. The van der Waals surface area contributed by atoms with Gasteiger partial charge in [0.05, 0.1) is 5.52 Å². The van der Waals surface area contributed by atoms with Gasteiger partial charge in [0.25, 0.3) is 0 Å². The summed E-state index contributed by atoms with van der Waals surface area (Å²) < 4.78 is 0. The number of fused-ring (bicyclic) bond motifs is 1.